The van der Waals surface area contributed by atoms with Gasteiger partial charge in [-0.1, -0.05) is 30.3 Å². The van der Waals surface area contributed by atoms with Crippen molar-refractivity contribution >= 4 is 5.97 Å². The van der Waals surface area contributed by atoms with Gasteiger partial charge in [0.15, 0.2) is 0 Å². The number of hydrogen-bond acceptors (Lipinski definition) is 5. The molecule has 7 heteroatoms. The number of ether oxygens (including phenoxy) is 1. The predicted octanol–water partition coefficient (Wildman–Crippen LogP) is 3.87. The van der Waals surface area contributed by atoms with Crippen LogP contribution in [0.1, 0.15) is 54.1 Å². The molecule has 2 atom stereocenters. The van der Waals surface area contributed by atoms with Crippen LogP contribution in [0.15, 0.2) is 61.1 Å². The zero-order valence-corrected chi connectivity index (χ0v) is 17.5. The lowest BCUT2D eigenvalue weighted by Gasteiger charge is -2.40. The molecular weight excluding hydrogens is 411 g/mol. The number of rotatable bonds is 5. The Labute approximate surface area is 185 Å². The van der Waals surface area contributed by atoms with Crippen molar-refractivity contribution in [1.29, 1.82) is 0 Å². The number of nitrogens with zero attached hydrogens (tertiary/aromatic N) is 2. The molecule has 1 fully saturated rings. The highest BCUT2D eigenvalue weighted by Crippen LogP contribution is 2.45. The second kappa shape index (κ2) is 8.15. The molecule has 1 aliphatic carbocycles. The van der Waals surface area contributed by atoms with Crippen molar-refractivity contribution in [2.75, 3.05) is 0 Å². The first-order chi connectivity index (χ1) is 15.5. The molecule has 0 bridgehead atoms. The summed E-state index contributed by atoms with van der Waals surface area (Å²) in [6.07, 6.45) is 3.64. The highest BCUT2D eigenvalue weighted by molar-refractivity contribution is 5.89. The minimum Gasteiger partial charge on any atom is -0.459 e. The first-order valence-electron chi connectivity index (χ1n) is 10.9. The number of aromatic nitrogens is 2. The van der Waals surface area contributed by atoms with Gasteiger partial charge in [-0.15, -0.1) is 0 Å². The van der Waals surface area contributed by atoms with Gasteiger partial charge in [-0.3, -0.25) is 0 Å². The summed E-state index contributed by atoms with van der Waals surface area (Å²) in [6.45, 7) is 0. The van der Waals surface area contributed by atoms with Crippen molar-refractivity contribution in [1.82, 2.24) is 9.55 Å². The smallest absolute Gasteiger partial charge is 0.338 e. The molecule has 1 aliphatic heterocycles. The van der Waals surface area contributed by atoms with Crippen molar-refractivity contribution in [2.45, 2.75) is 56.0 Å². The third kappa shape index (κ3) is 3.61. The number of carbonyl (C=O) groups is 1. The number of esters is 1. The highest BCUT2D eigenvalue weighted by atomic mass is 19.1. The van der Waals surface area contributed by atoms with E-state index in [9.17, 15) is 19.4 Å². The molecule has 32 heavy (non-hydrogen) atoms. The highest BCUT2D eigenvalue weighted by Gasteiger charge is 2.43. The van der Waals surface area contributed by atoms with Gasteiger partial charge >= 0.3 is 5.97 Å². The summed E-state index contributed by atoms with van der Waals surface area (Å²) in [5, 5.41) is 22.2. The maximum atomic E-state index is 14.7. The van der Waals surface area contributed by atoms with Gasteiger partial charge in [0.2, 0.25) is 0 Å². The molecule has 2 aromatic carbocycles. The van der Waals surface area contributed by atoms with E-state index < -0.39 is 17.7 Å². The quantitative estimate of drug-likeness (QED) is 0.593. The Balaban J connectivity index is 1.25. The van der Waals surface area contributed by atoms with Crippen molar-refractivity contribution in [3.8, 4) is 11.3 Å². The van der Waals surface area contributed by atoms with E-state index in [1.807, 2.05) is 16.7 Å². The number of benzene rings is 2. The molecule has 3 aromatic rings. The van der Waals surface area contributed by atoms with E-state index in [0.717, 1.165) is 11.3 Å². The Morgan fingerprint density at radius 1 is 1.19 bits per heavy atom. The third-order valence-corrected chi connectivity index (χ3v) is 6.81. The van der Waals surface area contributed by atoms with Gasteiger partial charge in [-0.2, -0.15) is 0 Å². The fraction of sp³-hybridized carbons (Fsp3) is 0.360. The number of aliphatic hydroxyl groups excluding tert-OH is 1. The predicted molar refractivity (Wildman–Crippen MR) is 115 cm³/mol. The van der Waals surface area contributed by atoms with E-state index in [4.69, 9.17) is 4.74 Å². The van der Waals surface area contributed by atoms with Crippen LogP contribution in [0.3, 0.4) is 0 Å². The Morgan fingerprint density at radius 3 is 2.69 bits per heavy atom. The Kier molecular flexibility index (Phi) is 5.31. The van der Waals surface area contributed by atoms with Gasteiger partial charge in [0, 0.05) is 17.5 Å². The SMILES string of the molecule is O=C(OC1CCC(O)(C(O)C[C@H]2c3c(F)cccc3-c3cncn32)CC1)c1ccccc1. The van der Waals surface area contributed by atoms with Crippen LogP contribution in [-0.2, 0) is 4.74 Å². The van der Waals surface area contributed by atoms with E-state index in [2.05, 4.69) is 4.98 Å². The Hall–Kier alpha value is -3.03. The fourth-order valence-electron chi connectivity index (χ4n) is 5.00. The van der Waals surface area contributed by atoms with Crippen molar-refractivity contribution in [3.05, 3.63) is 78.0 Å². The van der Waals surface area contributed by atoms with Gasteiger partial charge in [-0.05, 0) is 43.9 Å². The van der Waals surface area contributed by atoms with Crippen molar-refractivity contribution in [3.63, 3.8) is 0 Å². The molecule has 0 amide bonds. The third-order valence-electron chi connectivity index (χ3n) is 6.81. The van der Waals surface area contributed by atoms with Gasteiger partial charge in [0.1, 0.15) is 11.9 Å². The van der Waals surface area contributed by atoms with Crippen LogP contribution in [-0.4, -0.2) is 43.5 Å². The maximum Gasteiger partial charge on any atom is 0.338 e. The standard InChI is InChI=1S/C25H25FN2O4/c26-19-8-4-7-18-21-14-27-15-28(21)20(23(18)19)13-22(29)25(31)11-9-17(10-12-25)32-24(30)16-5-2-1-3-6-16/h1-8,14-15,17,20,22,29,31H,9-13H2/t17?,20-,22?,25?/m0/s1. The van der Waals surface area contributed by atoms with E-state index in [0.29, 0.717) is 36.8 Å². The number of halogens is 1. The zero-order valence-electron chi connectivity index (χ0n) is 17.5. The van der Waals surface area contributed by atoms with Gasteiger partial charge in [-0.25, -0.2) is 14.2 Å². The molecule has 0 radical (unpaired) electrons. The summed E-state index contributed by atoms with van der Waals surface area (Å²) in [7, 11) is 0. The van der Waals surface area contributed by atoms with Crippen LogP contribution in [0.25, 0.3) is 11.3 Å². The largest absolute Gasteiger partial charge is 0.459 e. The van der Waals surface area contributed by atoms with Gasteiger partial charge in [0.05, 0.1) is 41.5 Å². The van der Waals surface area contributed by atoms with Gasteiger partial charge < -0.3 is 19.5 Å². The van der Waals surface area contributed by atoms with Crippen LogP contribution in [0.2, 0.25) is 0 Å². The molecule has 1 aromatic heterocycles. The van der Waals surface area contributed by atoms with E-state index in [1.54, 1.807) is 42.9 Å². The summed E-state index contributed by atoms with van der Waals surface area (Å²) >= 11 is 0. The van der Waals surface area contributed by atoms with Crippen LogP contribution in [0, 0.1) is 5.82 Å². The molecule has 1 unspecified atom stereocenters. The molecule has 1 saturated carbocycles. The normalized spacial score (nSPS) is 25.1. The number of carbonyl (C=O) groups excluding carboxylic acids is 1. The van der Waals surface area contributed by atoms with Crippen LogP contribution >= 0.6 is 0 Å². The molecule has 0 saturated heterocycles. The minimum absolute atomic E-state index is 0.169. The molecule has 0 spiro atoms. The molecule has 2 N–H and O–H groups in total. The lowest BCUT2D eigenvalue weighted by Crippen LogP contribution is -2.47. The minimum atomic E-state index is -1.32. The van der Waals surface area contributed by atoms with Crippen LogP contribution in [0.5, 0.6) is 0 Å². The Morgan fingerprint density at radius 2 is 1.94 bits per heavy atom. The van der Waals surface area contributed by atoms with E-state index in [-0.39, 0.29) is 24.3 Å². The first-order valence-corrected chi connectivity index (χ1v) is 10.9. The van der Waals surface area contributed by atoms with E-state index in [1.165, 1.54) is 6.07 Å². The molecule has 6 nitrogen and oxygen atoms in total. The summed E-state index contributed by atoms with van der Waals surface area (Å²) in [4.78, 5) is 16.5. The number of hydrogen-bond donors (Lipinski definition) is 2. The van der Waals surface area contributed by atoms with Gasteiger partial charge in [0.25, 0.3) is 0 Å². The second-order valence-corrected chi connectivity index (χ2v) is 8.73. The lowest BCUT2D eigenvalue weighted by atomic mass is 9.77. The maximum absolute atomic E-state index is 14.7. The summed E-state index contributed by atoms with van der Waals surface area (Å²) in [6, 6.07) is 13.3. The molecule has 166 valence electrons. The monoisotopic (exact) mass is 436 g/mol. The van der Waals surface area contributed by atoms with E-state index >= 15 is 0 Å². The number of aliphatic hydroxyl groups is 2. The topological polar surface area (TPSA) is 84.6 Å². The first kappa shape index (κ1) is 20.8. The van der Waals surface area contributed by atoms with Crippen molar-refractivity contribution in [2.24, 2.45) is 0 Å². The fourth-order valence-corrected chi connectivity index (χ4v) is 5.00. The second-order valence-electron chi connectivity index (χ2n) is 8.73. The van der Waals surface area contributed by atoms with Crippen LogP contribution in [0.4, 0.5) is 4.39 Å². The summed E-state index contributed by atoms with van der Waals surface area (Å²) in [5.41, 5.74) is 1.28. The molecule has 5 rings (SSSR count). The summed E-state index contributed by atoms with van der Waals surface area (Å²) < 4.78 is 22.1. The Bertz CT molecular complexity index is 1120. The number of imidazole rings is 1. The zero-order chi connectivity index (χ0) is 22.3. The summed E-state index contributed by atoms with van der Waals surface area (Å²) in [5.74, 6) is -0.709. The lowest BCUT2D eigenvalue weighted by molar-refractivity contribution is -0.118. The average Bonchev–Trinajstić information content (AvgIpc) is 3.39. The van der Waals surface area contributed by atoms with Crippen molar-refractivity contribution < 1.29 is 24.1 Å². The number of fused-ring (bicyclic) bond motifs is 3. The molecular formula is C25H25FN2O4. The average molecular weight is 436 g/mol. The van der Waals surface area contributed by atoms with Crippen LogP contribution < -0.4 is 0 Å². The molecule has 2 aliphatic rings. The molecule has 2 heterocycles.